The topological polar surface area (TPSA) is 68.8 Å². The van der Waals surface area contributed by atoms with Crippen LogP contribution in [0.15, 0.2) is 46.9 Å². The molecule has 2 N–H and O–H groups in total. The zero-order valence-electron chi connectivity index (χ0n) is 17.4. The highest BCUT2D eigenvalue weighted by Gasteiger charge is 2.11. The minimum atomic E-state index is -0.315. The first kappa shape index (κ1) is 24.1. The Morgan fingerprint density at radius 3 is 2.43 bits per heavy atom. The Labute approximate surface area is 191 Å². The zero-order valence-corrected chi connectivity index (χ0v) is 19.8. The minimum absolute atomic E-state index is 0.213. The van der Waals surface area contributed by atoms with Gasteiger partial charge in [0.05, 0.1) is 17.7 Å². The fourth-order valence-corrected chi connectivity index (χ4v) is 3.08. The third-order valence-corrected chi connectivity index (χ3v) is 4.87. The molecule has 0 aromatic heterocycles. The molecule has 0 bridgehead atoms. The molecule has 0 saturated carbocycles. The number of carbonyl (C=O) groups is 1. The molecule has 2 aromatic carbocycles. The molecule has 0 fully saturated rings. The van der Waals surface area contributed by atoms with Crippen molar-refractivity contribution in [2.45, 2.75) is 20.3 Å². The number of hydrogen-bond donors (Lipinski definition) is 2. The van der Waals surface area contributed by atoms with Crippen LogP contribution in [0.1, 0.15) is 30.6 Å². The molecular formula is C22H27BrN2O4S. The molecule has 162 valence electrons. The molecule has 0 unspecified atom stereocenters. The predicted octanol–water partition coefficient (Wildman–Crippen LogP) is 5.03. The number of benzene rings is 2. The molecule has 0 heterocycles. The number of hydrogen-bond acceptors (Lipinski definition) is 5. The third kappa shape index (κ3) is 8.30. The van der Waals surface area contributed by atoms with Crippen LogP contribution >= 0.6 is 28.1 Å². The van der Waals surface area contributed by atoms with Gasteiger partial charge >= 0.3 is 0 Å². The fourth-order valence-electron chi connectivity index (χ4n) is 2.38. The Hall–Kier alpha value is -2.16. The average Bonchev–Trinajstić information content (AvgIpc) is 2.70. The van der Waals surface area contributed by atoms with Crippen molar-refractivity contribution in [3.05, 3.63) is 52.5 Å². The monoisotopic (exact) mass is 494 g/mol. The van der Waals surface area contributed by atoms with E-state index in [9.17, 15) is 4.79 Å². The smallest absolute Gasteiger partial charge is 0.257 e. The Morgan fingerprint density at radius 1 is 1.07 bits per heavy atom. The molecule has 0 saturated heterocycles. The zero-order chi connectivity index (χ0) is 21.9. The number of halogens is 1. The predicted molar refractivity (Wildman–Crippen MR) is 127 cm³/mol. The normalized spacial score (nSPS) is 10.6. The molecule has 30 heavy (non-hydrogen) atoms. The summed E-state index contributed by atoms with van der Waals surface area (Å²) in [6, 6.07) is 12.5. The summed E-state index contributed by atoms with van der Waals surface area (Å²) in [5, 5.41) is 5.88. The molecule has 6 nitrogen and oxygen atoms in total. The first-order valence-corrected chi connectivity index (χ1v) is 10.9. The van der Waals surface area contributed by atoms with E-state index in [-0.39, 0.29) is 11.0 Å². The molecular weight excluding hydrogens is 468 g/mol. The quantitative estimate of drug-likeness (QED) is 0.356. The average molecular weight is 495 g/mol. The number of amides is 1. The van der Waals surface area contributed by atoms with E-state index in [0.29, 0.717) is 41.5 Å². The van der Waals surface area contributed by atoms with E-state index in [1.807, 2.05) is 24.3 Å². The van der Waals surface area contributed by atoms with Gasteiger partial charge in [-0.15, -0.1) is 0 Å². The Bertz CT molecular complexity index is 844. The van der Waals surface area contributed by atoms with E-state index in [1.165, 1.54) is 0 Å². The fraction of sp³-hybridized carbons (Fsp3) is 0.364. The van der Waals surface area contributed by atoms with E-state index in [4.69, 9.17) is 26.4 Å². The van der Waals surface area contributed by atoms with Crippen LogP contribution in [0.5, 0.6) is 11.5 Å². The lowest BCUT2D eigenvalue weighted by Gasteiger charge is -2.12. The lowest BCUT2D eigenvalue weighted by molar-refractivity contribution is 0.0977. The number of thiocarbonyl (C=S) groups is 1. The van der Waals surface area contributed by atoms with Gasteiger partial charge in [0.2, 0.25) is 0 Å². The number of ether oxygens (including phenoxy) is 3. The first-order chi connectivity index (χ1) is 14.4. The molecule has 0 aliphatic carbocycles. The number of rotatable bonds is 10. The van der Waals surface area contributed by atoms with Crippen molar-refractivity contribution in [3.8, 4) is 11.5 Å². The summed E-state index contributed by atoms with van der Waals surface area (Å²) in [5.41, 5.74) is 1.22. The Balaban J connectivity index is 1.85. The Kier molecular flexibility index (Phi) is 10.1. The van der Waals surface area contributed by atoms with Gasteiger partial charge in [-0.1, -0.05) is 13.8 Å². The molecule has 0 radical (unpaired) electrons. The maximum atomic E-state index is 12.5. The number of nitrogens with one attached hydrogen (secondary N) is 2. The molecule has 8 heteroatoms. The van der Waals surface area contributed by atoms with E-state index in [0.717, 1.165) is 17.9 Å². The second-order valence-electron chi connectivity index (χ2n) is 6.95. The lowest BCUT2D eigenvalue weighted by atomic mass is 10.1. The van der Waals surface area contributed by atoms with Crippen molar-refractivity contribution in [2.75, 3.05) is 32.2 Å². The molecule has 0 atom stereocenters. The first-order valence-electron chi connectivity index (χ1n) is 9.65. The van der Waals surface area contributed by atoms with E-state index in [2.05, 4.69) is 40.4 Å². The van der Waals surface area contributed by atoms with Crippen LogP contribution in [0.4, 0.5) is 5.69 Å². The van der Waals surface area contributed by atoms with Gasteiger partial charge in [-0.3, -0.25) is 10.1 Å². The van der Waals surface area contributed by atoms with E-state index >= 15 is 0 Å². The van der Waals surface area contributed by atoms with Crippen molar-refractivity contribution in [1.29, 1.82) is 0 Å². The van der Waals surface area contributed by atoms with Crippen LogP contribution in [0.3, 0.4) is 0 Å². The molecule has 1 amide bonds. The third-order valence-electron chi connectivity index (χ3n) is 4.04. The Morgan fingerprint density at radius 2 is 1.80 bits per heavy atom. The van der Waals surface area contributed by atoms with Crippen molar-refractivity contribution < 1.29 is 19.0 Å². The van der Waals surface area contributed by atoms with Gasteiger partial charge in [0, 0.05) is 18.4 Å². The summed E-state index contributed by atoms with van der Waals surface area (Å²) in [4.78, 5) is 12.5. The van der Waals surface area contributed by atoms with Crippen LogP contribution < -0.4 is 20.1 Å². The van der Waals surface area contributed by atoms with Crippen molar-refractivity contribution >= 4 is 44.9 Å². The summed E-state index contributed by atoms with van der Waals surface area (Å²) >= 11 is 8.66. The van der Waals surface area contributed by atoms with Crippen LogP contribution in [-0.2, 0) is 4.74 Å². The molecule has 0 aliphatic rings. The van der Waals surface area contributed by atoms with Gasteiger partial charge in [-0.05, 0) is 83.0 Å². The van der Waals surface area contributed by atoms with Crippen LogP contribution in [0, 0.1) is 5.92 Å². The van der Waals surface area contributed by atoms with Crippen molar-refractivity contribution in [1.82, 2.24) is 5.32 Å². The number of methoxy groups -OCH3 is 1. The minimum Gasteiger partial charge on any atom is -0.494 e. The highest BCUT2D eigenvalue weighted by molar-refractivity contribution is 9.10. The van der Waals surface area contributed by atoms with E-state index in [1.54, 1.807) is 25.3 Å². The van der Waals surface area contributed by atoms with Crippen LogP contribution in [-0.4, -0.2) is 38.0 Å². The van der Waals surface area contributed by atoms with Gasteiger partial charge in [-0.2, -0.15) is 0 Å². The summed E-state index contributed by atoms with van der Waals surface area (Å²) < 4.78 is 16.9. The molecule has 2 aromatic rings. The number of anilines is 1. The summed E-state index contributed by atoms with van der Waals surface area (Å²) in [6.45, 7) is 5.92. The molecule has 0 spiro atoms. The van der Waals surface area contributed by atoms with Crippen molar-refractivity contribution in [2.24, 2.45) is 5.92 Å². The van der Waals surface area contributed by atoms with Crippen LogP contribution in [0.25, 0.3) is 0 Å². The van der Waals surface area contributed by atoms with Crippen molar-refractivity contribution in [3.63, 3.8) is 0 Å². The maximum Gasteiger partial charge on any atom is 0.257 e. The van der Waals surface area contributed by atoms with Gasteiger partial charge in [0.1, 0.15) is 18.1 Å². The van der Waals surface area contributed by atoms with Gasteiger partial charge in [-0.25, -0.2) is 0 Å². The summed E-state index contributed by atoms with van der Waals surface area (Å²) in [6.07, 6.45) is 1.01. The van der Waals surface area contributed by atoms with Gasteiger partial charge in [0.25, 0.3) is 5.91 Å². The lowest BCUT2D eigenvalue weighted by Crippen LogP contribution is -2.34. The van der Waals surface area contributed by atoms with E-state index < -0.39 is 0 Å². The SMILES string of the molecule is COCCOc1ccc(C(=O)NC(=S)Nc2ccc(OCCC(C)C)cc2)cc1Br. The molecule has 2 rings (SSSR count). The summed E-state index contributed by atoms with van der Waals surface area (Å²) in [5.74, 6) is 1.73. The van der Waals surface area contributed by atoms with Gasteiger partial charge < -0.3 is 19.5 Å². The highest BCUT2D eigenvalue weighted by atomic mass is 79.9. The second-order valence-corrected chi connectivity index (χ2v) is 8.21. The largest absolute Gasteiger partial charge is 0.494 e. The van der Waals surface area contributed by atoms with Crippen LogP contribution in [0.2, 0.25) is 0 Å². The highest BCUT2D eigenvalue weighted by Crippen LogP contribution is 2.26. The second kappa shape index (κ2) is 12.5. The molecule has 0 aliphatic heterocycles. The number of carbonyl (C=O) groups excluding carboxylic acids is 1. The summed E-state index contributed by atoms with van der Waals surface area (Å²) in [7, 11) is 1.61. The maximum absolute atomic E-state index is 12.5. The van der Waals surface area contributed by atoms with Gasteiger partial charge in [0.15, 0.2) is 5.11 Å². The standard InChI is InChI=1S/C22H27BrN2O4S/c1-15(2)10-11-28-18-7-5-17(6-8-18)24-22(30)25-21(26)16-4-9-20(19(23)14-16)29-13-12-27-3/h4-9,14-15H,10-13H2,1-3H3,(H2,24,25,26,30).